The minimum absolute atomic E-state index is 0.204. The highest BCUT2D eigenvalue weighted by Gasteiger charge is 2.07. The fourth-order valence-electron chi connectivity index (χ4n) is 2.59. The van der Waals surface area contributed by atoms with Crippen molar-refractivity contribution in [3.8, 4) is 0 Å². The molecule has 21 heavy (non-hydrogen) atoms. The molecule has 3 N–H and O–H groups in total. The summed E-state index contributed by atoms with van der Waals surface area (Å²) < 4.78 is 0. The van der Waals surface area contributed by atoms with Gasteiger partial charge in [0.05, 0.1) is 0 Å². The lowest BCUT2D eigenvalue weighted by atomic mass is 10.0. The van der Waals surface area contributed by atoms with E-state index < -0.39 is 0 Å². The van der Waals surface area contributed by atoms with Crippen molar-refractivity contribution < 1.29 is 0 Å². The first-order valence-electron chi connectivity index (χ1n) is 7.76. The summed E-state index contributed by atoms with van der Waals surface area (Å²) in [7, 11) is 0. The largest absolute Gasteiger partial charge is 0.383 e. The van der Waals surface area contributed by atoms with Crippen LogP contribution in [0.25, 0.3) is 0 Å². The van der Waals surface area contributed by atoms with E-state index in [0.29, 0.717) is 5.92 Å². The Morgan fingerprint density at radius 1 is 0.952 bits per heavy atom. The molecule has 1 atom stereocenters. The second-order valence-electron chi connectivity index (χ2n) is 6.09. The van der Waals surface area contributed by atoms with Gasteiger partial charge in [0, 0.05) is 18.3 Å². The molecule has 112 valence electrons. The van der Waals surface area contributed by atoms with Crippen molar-refractivity contribution in [3.63, 3.8) is 0 Å². The van der Waals surface area contributed by atoms with Crippen molar-refractivity contribution in [2.75, 3.05) is 11.9 Å². The van der Waals surface area contributed by atoms with Crippen LogP contribution < -0.4 is 11.1 Å². The molecule has 0 saturated carbocycles. The highest BCUT2D eigenvalue weighted by atomic mass is 14.9. The molecule has 0 bridgehead atoms. The minimum atomic E-state index is 0.204. The molecule has 2 nitrogen and oxygen atoms in total. The molecule has 0 spiro atoms. The summed E-state index contributed by atoms with van der Waals surface area (Å²) in [5, 5.41) is 3.51. The zero-order chi connectivity index (χ0) is 15.1. The zero-order valence-corrected chi connectivity index (χ0v) is 13.0. The van der Waals surface area contributed by atoms with Gasteiger partial charge in [0.1, 0.15) is 0 Å². The lowest BCUT2D eigenvalue weighted by molar-refractivity contribution is 0.508. The Morgan fingerprint density at radius 2 is 1.62 bits per heavy atom. The molecule has 0 aliphatic carbocycles. The number of nitrogens with two attached hydrogens (primary N) is 1. The molecular weight excluding hydrogens is 256 g/mol. The lowest BCUT2D eigenvalue weighted by Gasteiger charge is -2.17. The van der Waals surface area contributed by atoms with E-state index in [1.165, 1.54) is 16.8 Å². The summed E-state index contributed by atoms with van der Waals surface area (Å²) in [6.45, 7) is 5.25. The van der Waals surface area contributed by atoms with E-state index in [0.717, 1.165) is 19.4 Å². The first kappa shape index (κ1) is 15.6. The van der Waals surface area contributed by atoms with Gasteiger partial charge in [0.25, 0.3) is 0 Å². The number of hydrogen-bond donors (Lipinski definition) is 2. The standard InChI is InChI=1S/C19H26N2/c1-15(2)12-18(20)14-21-19-11-7-6-10-17(19)13-16-8-4-3-5-9-16/h3-11,15,18,21H,12-14,20H2,1-2H3. The average molecular weight is 282 g/mol. The third-order valence-corrected chi connectivity index (χ3v) is 3.58. The van der Waals surface area contributed by atoms with Crippen LogP contribution in [0.3, 0.4) is 0 Å². The first-order valence-corrected chi connectivity index (χ1v) is 7.76. The van der Waals surface area contributed by atoms with Crippen molar-refractivity contribution in [3.05, 3.63) is 65.7 Å². The van der Waals surface area contributed by atoms with Gasteiger partial charge in [-0.3, -0.25) is 0 Å². The van der Waals surface area contributed by atoms with Crippen molar-refractivity contribution in [2.45, 2.75) is 32.7 Å². The van der Waals surface area contributed by atoms with Gasteiger partial charge >= 0.3 is 0 Å². The van der Waals surface area contributed by atoms with Gasteiger partial charge in [-0.15, -0.1) is 0 Å². The normalized spacial score (nSPS) is 12.4. The third-order valence-electron chi connectivity index (χ3n) is 3.58. The summed E-state index contributed by atoms with van der Waals surface area (Å²) in [5.41, 5.74) is 10.0. The molecule has 1 unspecified atom stereocenters. The number of anilines is 1. The fourth-order valence-corrected chi connectivity index (χ4v) is 2.59. The number of benzene rings is 2. The molecule has 2 heteroatoms. The average Bonchev–Trinajstić information content (AvgIpc) is 2.47. The maximum Gasteiger partial charge on any atom is 0.0376 e. The van der Waals surface area contributed by atoms with Crippen LogP contribution in [0.5, 0.6) is 0 Å². The summed E-state index contributed by atoms with van der Waals surface area (Å²) in [4.78, 5) is 0. The van der Waals surface area contributed by atoms with Gasteiger partial charge in [0.15, 0.2) is 0 Å². The second-order valence-corrected chi connectivity index (χ2v) is 6.09. The smallest absolute Gasteiger partial charge is 0.0376 e. The summed E-state index contributed by atoms with van der Waals surface area (Å²) in [6, 6.07) is 19.3. The number of rotatable bonds is 7. The Labute approximate surface area is 128 Å². The van der Waals surface area contributed by atoms with Gasteiger partial charge in [-0.25, -0.2) is 0 Å². The van der Waals surface area contributed by atoms with Crippen molar-refractivity contribution >= 4 is 5.69 Å². The Morgan fingerprint density at radius 3 is 2.33 bits per heavy atom. The van der Waals surface area contributed by atoms with Gasteiger partial charge in [0.2, 0.25) is 0 Å². The van der Waals surface area contributed by atoms with E-state index in [9.17, 15) is 0 Å². The highest BCUT2D eigenvalue weighted by molar-refractivity contribution is 5.52. The molecule has 0 fully saturated rings. The molecule has 2 aromatic rings. The number of para-hydroxylation sites is 1. The molecule has 0 aromatic heterocycles. The van der Waals surface area contributed by atoms with E-state index in [1.54, 1.807) is 0 Å². The predicted molar refractivity (Wildman–Crippen MR) is 91.6 cm³/mol. The SMILES string of the molecule is CC(C)CC(N)CNc1ccccc1Cc1ccccc1. The molecule has 0 saturated heterocycles. The summed E-state index contributed by atoms with van der Waals surface area (Å²) in [5.74, 6) is 0.640. The highest BCUT2D eigenvalue weighted by Crippen LogP contribution is 2.19. The van der Waals surface area contributed by atoms with E-state index in [-0.39, 0.29) is 6.04 Å². The fraction of sp³-hybridized carbons (Fsp3) is 0.368. The molecule has 0 radical (unpaired) electrons. The molecule has 2 rings (SSSR count). The van der Waals surface area contributed by atoms with Crippen LogP contribution >= 0.6 is 0 Å². The number of hydrogen-bond acceptors (Lipinski definition) is 2. The van der Waals surface area contributed by atoms with Crippen LogP contribution in [0.15, 0.2) is 54.6 Å². The monoisotopic (exact) mass is 282 g/mol. The van der Waals surface area contributed by atoms with Gasteiger partial charge in [-0.05, 0) is 36.0 Å². The maximum atomic E-state index is 6.16. The van der Waals surface area contributed by atoms with Crippen molar-refractivity contribution in [1.82, 2.24) is 0 Å². The quantitative estimate of drug-likeness (QED) is 0.803. The van der Waals surface area contributed by atoms with Gasteiger partial charge in [-0.2, -0.15) is 0 Å². The van der Waals surface area contributed by atoms with Crippen LogP contribution in [-0.4, -0.2) is 12.6 Å². The lowest BCUT2D eigenvalue weighted by Crippen LogP contribution is -2.30. The van der Waals surface area contributed by atoms with Crippen LogP contribution in [0, 0.1) is 5.92 Å². The zero-order valence-electron chi connectivity index (χ0n) is 13.0. The van der Waals surface area contributed by atoms with Crippen molar-refractivity contribution in [1.29, 1.82) is 0 Å². The van der Waals surface area contributed by atoms with E-state index in [4.69, 9.17) is 5.73 Å². The third kappa shape index (κ3) is 5.24. The molecule has 2 aromatic carbocycles. The van der Waals surface area contributed by atoms with E-state index in [1.807, 2.05) is 0 Å². The van der Waals surface area contributed by atoms with Crippen LogP contribution in [0.2, 0.25) is 0 Å². The Kier molecular flexibility index (Phi) is 5.82. The van der Waals surface area contributed by atoms with Crippen LogP contribution in [-0.2, 0) is 6.42 Å². The summed E-state index contributed by atoms with van der Waals surface area (Å²) in [6.07, 6.45) is 2.00. The Bertz CT molecular complexity index is 534. The number of nitrogens with one attached hydrogen (secondary N) is 1. The van der Waals surface area contributed by atoms with E-state index in [2.05, 4.69) is 73.8 Å². The molecule has 0 aliphatic rings. The Hall–Kier alpha value is -1.80. The Balaban J connectivity index is 2.00. The van der Waals surface area contributed by atoms with Crippen LogP contribution in [0.4, 0.5) is 5.69 Å². The molecule has 0 amide bonds. The van der Waals surface area contributed by atoms with Gasteiger partial charge < -0.3 is 11.1 Å². The summed E-state index contributed by atoms with van der Waals surface area (Å²) >= 11 is 0. The van der Waals surface area contributed by atoms with E-state index >= 15 is 0 Å². The predicted octanol–water partition coefficient (Wildman–Crippen LogP) is 4.06. The minimum Gasteiger partial charge on any atom is -0.383 e. The van der Waals surface area contributed by atoms with Crippen molar-refractivity contribution in [2.24, 2.45) is 11.7 Å². The van der Waals surface area contributed by atoms with Crippen LogP contribution in [0.1, 0.15) is 31.4 Å². The van der Waals surface area contributed by atoms with Gasteiger partial charge in [-0.1, -0.05) is 62.4 Å². The molecule has 0 aliphatic heterocycles. The first-order chi connectivity index (χ1) is 10.1. The molecular formula is C19H26N2. The second kappa shape index (κ2) is 7.84. The topological polar surface area (TPSA) is 38.0 Å². The molecule has 0 heterocycles. The maximum absolute atomic E-state index is 6.16.